The highest BCUT2D eigenvalue weighted by Gasteiger charge is 2.23. The Kier molecular flexibility index (Phi) is 5.27. The van der Waals surface area contributed by atoms with E-state index in [1.54, 1.807) is 41.3 Å². The molecule has 2 aromatic rings. The van der Waals surface area contributed by atoms with Gasteiger partial charge in [-0.1, -0.05) is 0 Å². The van der Waals surface area contributed by atoms with Crippen molar-refractivity contribution in [3.63, 3.8) is 0 Å². The Morgan fingerprint density at radius 2 is 1.52 bits per heavy atom. The highest BCUT2D eigenvalue weighted by Crippen LogP contribution is 2.24. The minimum absolute atomic E-state index is 0.0241. The topological polar surface area (TPSA) is 86.8 Å². The zero-order valence-electron chi connectivity index (χ0n) is 16.0. The van der Waals surface area contributed by atoms with Gasteiger partial charge in [-0.3, -0.25) is 14.3 Å². The summed E-state index contributed by atoms with van der Waals surface area (Å²) >= 11 is 0. The Morgan fingerprint density at radius 1 is 0.862 bits per heavy atom. The lowest BCUT2D eigenvalue weighted by molar-refractivity contribution is -0.117. The molecule has 0 aliphatic carbocycles. The Bertz CT molecular complexity index is 1010. The van der Waals surface area contributed by atoms with Gasteiger partial charge in [0.05, 0.1) is 4.90 Å². The van der Waals surface area contributed by atoms with Gasteiger partial charge in [-0.2, -0.15) is 0 Å². The number of benzene rings is 2. The third-order valence-electron chi connectivity index (χ3n) is 5.31. The minimum Gasteiger partial charge on any atom is -0.339 e. The zero-order valence-corrected chi connectivity index (χ0v) is 16.8. The number of sulfonamides is 1. The van der Waals surface area contributed by atoms with Crippen molar-refractivity contribution < 1.29 is 18.0 Å². The molecular weight excluding hydrogens is 390 g/mol. The van der Waals surface area contributed by atoms with E-state index < -0.39 is 10.0 Å². The first-order chi connectivity index (χ1) is 13.9. The average Bonchev–Trinajstić information content (AvgIpc) is 3.40. The summed E-state index contributed by atoms with van der Waals surface area (Å²) in [6.07, 6.45) is 3.39. The number of amides is 2. The molecule has 29 heavy (non-hydrogen) atoms. The third-order valence-corrected chi connectivity index (χ3v) is 6.71. The average molecular weight is 413 g/mol. The molecule has 8 heteroatoms. The van der Waals surface area contributed by atoms with Crippen LogP contribution in [0, 0.1) is 0 Å². The van der Waals surface area contributed by atoms with Gasteiger partial charge in [0.1, 0.15) is 0 Å². The van der Waals surface area contributed by atoms with Gasteiger partial charge in [-0.15, -0.1) is 0 Å². The Hall–Kier alpha value is -2.87. The SMILES string of the molecule is O=C(c1ccc(NS(=O)(=O)c2ccc(N3CCCC3=O)cc2)cc1)N1CCCC1. The van der Waals surface area contributed by atoms with E-state index in [2.05, 4.69) is 4.72 Å². The molecular formula is C21H23N3O4S. The summed E-state index contributed by atoms with van der Waals surface area (Å²) in [5.41, 5.74) is 1.65. The van der Waals surface area contributed by atoms with Crippen LogP contribution < -0.4 is 9.62 Å². The van der Waals surface area contributed by atoms with E-state index in [1.807, 2.05) is 4.90 Å². The van der Waals surface area contributed by atoms with Crippen LogP contribution in [0.4, 0.5) is 11.4 Å². The van der Waals surface area contributed by atoms with Crippen LogP contribution in [-0.4, -0.2) is 44.8 Å². The predicted molar refractivity (Wildman–Crippen MR) is 110 cm³/mol. The van der Waals surface area contributed by atoms with E-state index in [0.717, 1.165) is 32.4 Å². The van der Waals surface area contributed by atoms with Gasteiger partial charge >= 0.3 is 0 Å². The summed E-state index contributed by atoms with van der Waals surface area (Å²) in [7, 11) is -3.76. The van der Waals surface area contributed by atoms with Crippen LogP contribution in [0.1, 0.15) is 36.0 Å². The van der Waals surface area contributed by atoms with Crippen LogP contribution in [0.25, 0.3) is 0 Å². The molecule has 2 saturated heterocycles. The third kappa shape index (κ3) is 4.12. The number of nitrogens with one attached hydrogen (secondary N) is 1. The van der Waals surface area contributed by atoms with E-state index in [-0.39, 0.29) is 16.7 Å². The quantitative estimate of drug-likeness (QED) is 0.817. The fourth-order valence-electron chi connectivity index (χ4n) is 3.72. The van der Waals surface area contributed by atoms with Gasteiger partial charge in [0, 0.05) is 43.0 Å². The monoisotopic (exact) mass is 413 g/mol. The maximum atomic E-state index is 12.7. The van der Waals surface area contributed by atoms with Crippen LogP contribution in [0.15, 0.2) is 53.4 Å². The van der Waals surface area contributed by atoms with Gasteiger partial charge in [0.25, 0.3) is 15.9 Å². The molecule has 1 N–H and O–H groups in total. The first-order valence-corrected chi connectivity index (χ1v) is 11.2. The number of anilines is 2. The lowest BCUT2D eigenvalue weighted by atomic mass is 10.2. The number of carbonyl (C=O) groups is 2. The molecule has 2 aromatic carbocycles. The summed E-state index contributed by atoms with van der Waals surface area (Å²) in [6.45, 7) is 2.20. The van der Waals surface area contributed by atoms with Gasteiger partial charge in [-0.05, 0) is 67.8 Å². The zero-order chi connectivity index (χ0) is 20.4. The lowest BCUT2D eigenvalue weighted by Gasteiger charge is -2.16. The summed E-state index contributed by atoms with van der Waals surface area (Å²) in [5, 5.41) is 0. The second-order valence-electron chi connectivity index (χ2n) is 7.32. The molecule has 0 saturated carbocycles. The number of likely N-dealkylation sites (tertiary alicyclic amines) is 1. The first-order valence-electron chi connectivity index (χ1n) is 9.77. The largest absolute Gasteiger partial charge is 0.339 e. The van der Waals surface area contributed by atoms with E-state index in [0.29, 0.717) is 29.9 Å². The van der Waals surface area contributed by atoms with Crippen molar-refractivity contribution in [3.05, 3.63) is 54.1 Å². The van der Waals surface area contributed by atoms with Gasteiger partial charge in [0.2, 0.25) is 5.91 Å². The molecule has 2 aliphatic rings. The highest BCUT2D eigenvalue weighted by molar-refractivity contribution is 7.92. The minimum atomic E-state index is -3.76. The molecule has 0 bridgehead atoms. The molecule has 0 unspecified atom stereocenters. The first kappa shape index (κ1) is 19.4. The van der Waals surface area contributed by atoms with Crippen LogP contribution in [0.2, 0.25) is 0 Å². The van der Waals surface area contributed by atoms with Crippen molar-refractivity contribution in [2.24, 2.45) is 0 Å². The molecule has 4 rings (SSSR count). The van der Waals surface area contributed by atoms with Crippen molar-refractivity contribution in [2.75, 3.05) is 29.3 Å². The Morgan fingerprint density at radius 3 is 2.10 bits per heavy atom. The lowest BCUT2D eigenvalue weighted by Crippen LogP contribution is -2.27. The maximum Gasteiger partial charge on any atom is 0.261 e. The number of nitrogens with zero attached hydrogens (tertiary/aromatic N) is 2. The Balaban J connectivity index is 1.45. The van der Waals surface area contributed by atoms with E-state index >= 15 is 0 Å². The van der Waals surface area contributed by atoms with Crippen LogP contribution in [0.5, 0.6) is 0 Å². The van der Waals surface area contributed by atoms with E-state index in [1.165, 1.54) is 12.1 Å². The highest BCUT2D eigenvalue weighted by atomic mass is 32.2. The predicted octanol–water partition coefficient (Wildman–Crippen LogP) is 2.85. The molecule has 0 spiro atoms. The van der Waals surface area contributed by atoms with Gasteiger partial charge in [0.15, 0.2) is 0 Å². The molecule has 152 valence electrons. The molecule has 0 atom stereocenters. The summed E-state index contributed by atoms with van der Waals surface area (Å²) in [4.78, 5) is 27.8. The second kappa shape index (κ2) is 7.87. The van der Waals surface area contributed by atoms with Crippen molar-refractivity contribution in [1.82, 2.24) is 4.90 Å². The van der Waals surface area contributed by atoms with Crippen molar-refractivity contribution in [3.8, 4) is 0 Å². The molecule has 7 nitrogen and oxygen atoms in total. The normalized spacial score (nSPS) is 17.0. The Labute approximate surface area is 170 Å². The van der Waals surface area contributed by atoms with E-state index in [4.69, 9.17) is 0 Å². The smallest absolute Gasteiger partial charge is 0.261 e. The fourth-order valence-corrected chi connectivity index (χ4v) is 4.78. The van der Waals surface area contributed by atoms with Crippen LogP contribution in [-0.2, 0) is 14.8 Å². The summed E-state index contributed by atoms with van der Waals surface area (Å²) in [6, 6.07) is 12.8. The van der Waals surface area contributed by atoms with Crippen LogP contribution in [0.3, 0.4) is 0 Å². The fraction of sp³-hybridized carbons (Fsp3) is 0.333. The number of carbonyl (C=O) groups excluding carboxylic acids is 2. The van der Waals surface area contributed by atoms with Gasteiger partial charge in [-0.25, -0.2) is 8.42 Å². The molecule has 0 radical (unpaired) electrons. The molecule has 2 amide bonds. The molecule has 0 aromatic heterocycles. The standard InChI is InChI=1S/C21H23N3O4S/c25-20-4-3-15-24(20)18-9-11-19(12-10-18)29(27,28)22-17-7-5-16(6-8-17)21(26)23-13-1-2-14-23/h5-12,22H,1-4,13-15H2. The number of hydrogen-bond donors (Lipinski definition) is 1. The number of rotatable bonds is 5. The summed E-state index contributed by atoms with van der Waals surface area (Å²) in [5.74, 6) is 0.0336. The maximum absolute atomic E-state index is 12.7. The second-order valence-corrected chi connectivity index (χ2v) is 9.01. The number of hydrogen-bond acceptors (Lipinski definition) is 4. The van der Waals surface area contributed by atoms with Crippen molar-refractivity contribution in [2.45, 2.75) is 30.6 Å². The molecule has 2 fully saturated rings. The van der Waals surface area contributed by atoms with Crippen molar-refractivity contribution in [1.29, 1.82) is 0 Å². The van der Waals surface area contributed by atoms with Crippen molar-refractivity contribution >= 4 is 33.2 Å². The van der Waals surface area contributed by atoms with Gasteiger partial charge < -0.3 is 9.80 Å². The van der Waals surface area contributed by atoms with Crippen LogP contribution >= 0.6 is 0 Å². The molecule has 2 heterocycles. The molecule has 2 aliphatic heterocycles. The van der Waals surface area contributed by atoms with E-state index in [9.17, 15) is 18.0 Å². The summed E-state index contributed by atoms with van der Waals surface area (Å²) < 4.78 is 27.9.